The van der Waals surface area contributed by atoms with Gasteiger partial charge < -0.3 is 9.88 Å². The number of nitrogens with zero attached hydrogens (tertiary/aromatic N) is 3. The summed E-state index contributed by atoms with van der Waals surface area (Å²) < 4.78 is 2.02. The average molecular weight is 331 g/mol. The monoisotopic (exact) mass is 330 g/mol. The summed E-state index contributed by atoms with van der Waals surface area (Å²) in [5, 5.41) is 4.03. The Kier molecular flexibility index (Phi) is 5.01. The van der Waals surface area contributed by atoms with E-state index >= 15 is 0 Å². The van der Waals surface area contributed by atoms with E-state index in [0.717, 1.165) is 16.5 Å². The van der Waals surface area contributed by atoms with Crippen molar-refractivity contribution in [2.24, 2.45) is 7.05 Å². The number of hydrogen-bond donors (Lipinski definition) is 1. The third kappa shape index (κ3) is 3.19. The molecule has 0 unspecified atom stereocenters. The summed E-state index contributed by atoms with van der Waals surface area (Å²) in [5.41, 5.74) is 3.18. The van der Waals surface area contributed by atoms with Crippen molar-refractivity contribution in [3.05, 3.63) is 41.9 Å². The summed E-state index contributed by atoms with van der Waals surface area (Å²) in [6, 6.07) is 8.01. The molecule has 0 spiro atoms. The van der Waals surface area contributed by atoms with E-state index in [0.29, 0.717) is 17.8 Å². The zero-order valence-electron chi connectivity index (χ0n) is 12.3. The lowest BCUT2D eigenvalue weighted by Gasteiger charge is -2.09. The second-order valence-corrected chi connectivity index (χ2v) is 5.31. The van der Waals surface area contributed by atoms with Gasteiger partial charge in [-0.25, -0.2) is 9.97 Å². The van der Waals surface area contributed by atoms with Gasteiger partial charge in [0.1, 0.15) is 5.69 Å². The molecule has 3 aromatic rings. The summed E-state index contributed by atoms with van der Waals surface area (Å²) >= 11 is 5.95. The maximum absolute atomic E-state index is 11.7. The van der Waals surface area contributed by atoms with Crippen LogP contribution in [-0.4, -0.2) is 20.4 Å². The van der Waals surface area contributed by atoms with Crippen LogP contribution >= 0.6 is 11.6 Å². The van der Waals surface area contributed by atoms with E-state index in [-0.39, 0.29) is 18.6 Å². The molecule has 23 heavy (non-hydrogen) atoms. The highest BCUT2D eigenvalue weighted by molar-refractivity contribution is 6.28. The fourth-order valence-corrected chi connectivity index (χ4v) is 2.56. The van der Waals surface area contributed by atoms with Crippen LogP contribution in [0.15, 0.2) is 36.7 Å². The Morgan fingerprint density at radius 3 is 2.83 bits per heavy atom. The molecule has 1 aromatic carbocycles. The van der Waals surface area contributed by atoms with Gasteiger partial charge in [0.05, 0.1) is 11.9 Å². The number of nitrogens with one attached hydrogen (secondary N) is 1. The van der Waals surface area contributed by atoms with Crippen molar-refractivity contribution in [1.29, 1.82) is 0 Å². The second-order valence-electron chi connectivity index (χ2n) is 4.97. The zero-order valence-corrected chi connectivity index (χ0v) is 13.1. The van der Waals surface area contributed by atoms with Gasteiger partial charge in [-0.3, -0.25) is 4.79 Å². The molecular formula is C17H19ClN4O. The highest BCUT2D eigenvalue weighted by atomic mass is 35.5. The van der Waals surface area contributed by atoms with Gasteiger partial charge in [-0.2, -0.15) is 0 Å². The molecule has 120 valence electrons. The summed E-state index contributed by atoms with van der Waals surface area (Å²) in [6.45, 7) is 1.80. The first kappa shape index (κ1) is 17.0. The quantitative estimate of drug-likeness (QED) is 0.729. The molecule has 0 aliphatic rings. The van der Waals surface area contributed by atoms with Crippen molar-refractivity contribution in [2.75, 3.05) is 5.32 Å². The van der Waals surface area contributed by atoms with Gasteiger partial charge in [0, 0.05) is 36.1 Å². The van der Waals surface area contributed by atoms with E-state index in [1.165, 1.54) is 0 Å². The van der Waals surface area contributed by atoms with Gasteiger partial charge in [-0.1, -0.05) is 32.5 Å². The lowest BCUT2D eigenvalue weighted by molar-refractivity contribution is -0.115. The SMILES string of the molecule is C.CCC(=O)Nc1cnc(Cl)nc1-c1cn(C)c2ccccc12. The van der Waals surface area contributed by atoms with E-state index in [1.807, 2.05) is 42.1 Å². The molecular weight excluding hydrogens is 312 g/mol. The van der Waals surface area contributed by atoms with E-state index < -0.39 is 0 Å². The molecule has 0 aliphatic heterocycles. The molecule has 3 rings (SSSR count). The first-order chi connectivity index (χ1) is 10.6. The summed E-state index contributed by atoms with van der Waals surface area (Å²) in [7, 11) is 1.97. The molecule has 6 heteroatoms. The number of benzene rings is 1. The van der Waals surface area contributed by atoms with Crippen molar-refractivity contribution in [1.82, 2.24) is 14.5 Å². The van der Waals surface area contributed by atoms with Gasteiger partial charge in [-0.15, -0.1) is 0 Å². The smallest absolute Gasteiger partial charge is 0.224 e. The number of aromatic nitrogens is 3. The molecule has 0 radical (unpaired) electrons. The van der Waals surface area contributed by atoms with Crippen LogP contribution in [0, 0.1) is 0 Å². The Morgan fingerprint density at radius 1 is 1.35 bits per heavy atom. The summed E-state index contributed by atoms with van der Waals surface area (Å²) in [4.78, 5) is 20.0. The Morgan fingerprint density at radius 2 is 2.09 bits per heavy atom. The molecule has 1 N–H and O–H groups in total. The predicted molar refractivity (Wildman–Crippen MR) is 94.6 cm³/mol. The zero-order chi connectivity index (χ0) is 15.7. The number of halogens is 1. The number of rotatable bonds is 3. The number of para-hydroxylation sites is 1. The van der Waals surface area contributed by atoms with Gasteiger partial charge in [0.15, 0.2) is 0 Å². The molecule has 0 aliphatic carbocycles. The fraction of sp³-hybridized carbons (Fsp3) is 0.235. The third-order valence-electron chi connectivity index (χ3n) is 3.51. The van der Waals surface area contributed by atoms with Crippen molar-refractivity contribution in [2.45, 2.75) is 20.8 Å². The van der Waals surface area contributed by atoms with Crippen LogP contribution in [0.4, 0.5) is 5.69 Å². The largest absolute Gasteiger partial charge is 0.350 e. The van der Waals surface area contributed by atoms with Crippen LogP contribution in [0.2, 0.25) is 5.28 Å². The van der Waals surface area contributed by atoms with Crippen LogP contribution in [-0.2, 0) is 11.8 Å². The maximum atomic E-state index is 11.7. The molecule has 0 saturated heterocycles. The molecule has 2 heterocycles. The first-order valence-corrected chi connectivity index (χ1v) is 7.34. The number of amides is 1. The molecule has 0 bridgehead atoms. The molecule has 1 amide bonds. The molecule has 0 saturated carbocycles. The topological polar surface area (TPSA) is 59.8 Å². The molecule has 5 nitrogen and oxygen atoms in total. The lowest BCUT2D eigenvalue weighted by Crippen LogP contribution is -2.11. The molecule has 0 atom stereocenters. The van der Waals surface area contributed by atoms with E-state index in [1.54, 1.807) is 13.1 Å². The highest BCUT2D eigenvalue weighted by Crippen LogP contribution is 2.33. The average Bonchev–Trinajstić information content (AvgIpc) is 2.86. The van der Waals surface area contributed by atoms with Crippen LogP contribution in [0.25, 0.3) is 22.2 Å². The van der Waals surface area contributed by atoms with Crippen LogP contribution in [0.3, 0.4) is 0 Å². The minimum absolute atomic E-state index is 0. The fourth-order valence-electron chi connectivity index (χ4n) is 2.43. The Hall–Kier alpha value is -2.40. The van der Waals surface area contributed by atoms with Gasteiger partial charge in [0.2, 0.25) is 11.2 Å². The lowest BCUT2D eigenvalue weighted by atomic mass is 10.1. The Bertz CT molecular complexity index is 857. The summed E-state index contributed by atoms with van der Waals surface area (Å²) in [6.07, 6.45) is 3.91. The van der Waals surface area contributed by atoms with Gasteiger partial charge in [-0.05, 0) is 17.7 Å². The Balaban J connectivity index is 0.00000192. The number of hydrogen-bond acceptors (Lipinski definition) is 3. The third-order valence-corrected chi connectivity index (χ3v) is 3.69. The van der Waals surface area contributed by atoms with E-state index in [4.69, 9.17) is 11.6 Å². The minimum atomic E-state index is -0.0904. The number of anilines is 1. The van der Waals surface area contributed by atoms with Crippen molar-refractivity contribution in [3.8, 4) is 11.3 Å². The maximum Gasteiger partial charge on any atom is 0.224 e. The van der Waals surface area contributed by atoms with Crippen LogP contribution in [0.1, 0.15) is 20.8 Å². The number of aryl methyl sites for hydroxylation is 1. The van der Waals surface area contributed by atoms with Gasteiger partial charge >= 0.3 is 0 Å². The van der Waals surface area contributed by atoms with E-state index in [9.17, 15) is 4.79 Å². The number of carbonyl (C=O) groups excluding carboxylic acids is 1. The standard InChI is InChI=1S/C16H15ClN4O.CH4/c1-3-14(22)19-12-8-18-16(17)20-15(12)11-9-21(2)13-7-5-4-6-10(11)13;/h4-9H,3H2,1-2H3,(H,19,22);1H4. The van der Waals surface area contributed by atoms with Crippen molar-refractivity contribution >= 4 is 34.1 Å². The highest BCUT2D eigenvalue weighted by Gasteiger charge is 2.16. The normalized spacial score (nSPS) is 10.4. The second kappa shape index (κ2) is 6.79. The van der Waals surface area contributed by atoms with Gasteiger partial charge in [0.25, 0.3) is 0 Å². The predicted octanol–water partition coefficient (Wildman–Crippen LogP) is 4.27. The minimum Gasteiger partial charge on any atom is -0.350 e. The Labute approximate surface area is 140 Å². The summed E-state index contributed by atoms with van der Waals surface area (Å²) in [5.74, 6) is -0.0904. The van der Waals surface area contributed by atoms with Crippen LogP contribution < -0.4 is 5.32 Å². The van der Waals surface area contributed by atoms with E-state index in [2.05, 4.69) is 15.3 Å². The van der Waals surface area contributed by atoms with Crippen molar-refractivity contribution in [3.63, 3.8) is 0 Å². The molecule has 0 fully saturated rings. The molecule has 2 aromatic heterocycles. The number of fused-ring (bicyclic) bond motifs is 1. The first-order valence-electron chi connectivity index (χ1n) is 6.97. The number of carbonyl (C=O) groups is 1. The van der Waals surface area contributed by atoms with Crippen LogP contribution in [0.5, 0.6) is 0 Å². The van der Waals surface area contributed by atoms with Crippen molar-refractivity contribution < 1.29 is 4.79 Å².